The molecule has 4 nitrogen and oxygen atoms in total. The normalized spacial score (nSPS) is 16.6. The van der Waals surface area contributed by atoms with Crippen molar-refractivity contribution >= 4 is 0 Å². The van der Waals surface area contributed by atoms with Gasteiger partial charge in [-0.05, 0) is 6.92 Å². The number of halogens is 3. The lowest BCUT2D eigenvalue weighted by atomic mass is 10.0. The van der Waals surface area contributed by atoms with E-state index in [1.54, 1.807) is 13.8 Å². The Bertz CT molecular complexity index is 379. The van der Waals surface area contributed by atoms with Crippen molar-refractivity contribution in [3.05, 3.63) is 11.6 Å². The van der Waals surface area contributed by atoms with E-state index in [9.17, 15) is 13.2 Å². The van der Waals surface area contributed by atoms with Gasteiger partial charge in [-0.15, -0.1) is 0 Å². The average molecular weight is 236 g/mol. The van der Waals surface area contributed by atoms with E-state index in [4.69, 9.17) is 5.73 Å². The van der Waals surface area contributed by atoms with E-state index in [1.165, 1.54) is 7.05 Å². The molecule has 1 atom stereocenters. The topological polar surface area (TPSA) is 56.7 Å². The van der Waals surface area contributed by atoms with Gasteiger partial charge in [-0.25, -0.2) is 4.98 Å². The minimum absolute atomic E-state index is 0.0380. The minimum atomic E-state index is -4.55. The van der Waals surface area contributed by atoms with E-state index < -0.39 is 11.7 Å². The third kappa shape index (κ3) is 2.04. The number of hydrogen-bond donors (Lipinski definition) is 1. The molecule has 0 aliphatic rings. The Morgan fingerprint density at radius 1 is 1.31 bits per heavy atom. The van der Waals surface area contributed by atoms with Crippen molar-refractivity contribution in [2.24, 2.45) is 12.8 Å². The van der Waals surface area contributed by atoms with Crippen molar-refractivity contribution < 1.29 is 13.2 Å². The molecule has 0 saturated carbocycles. The Morgan fingerprint density at radius 2 is 1.81 bits per heavy atom. The van der Waals surface area contributed by atoms with Crippen molar-refractivity contribution in [2.75, 3.05) is 0 Å². The van der Waals surface area contributed by atoms with Crippen LogP contribution in [0, 0.1) is 0 Å². The van der Waals surface area contributed by atoms with Crippen LogP contribution in [0.3, 0.4) is 0 Å². The minimum Gasteiger partial charge on any atom is -0.311 e. The first-order valence-electron chi connectivity index (χ1n) is 4.84. The van der Waals surface area contributed by atoms with Gasteiger partial charge in [0.25, 0.3) is 0 Å². The summed E-state index contributed by atoms with van der Waals surface area (Å²) in [4.78, 5) is 3.85. The molecule has 0 bridgehead atoms. The lowest BCUT2D eigenvalue weighted by Crippen LogP contribution is -2.49. The third-order valence-corrected chi connectivity index (χ3v) is 2.35. The molecule has 1 rings (SSSR count). The van der Waals surface area contributed by atoms with Crippen LogP contribution in [0.5, 0.6) is 0 Å². The Kier molecular flexibility index (Phi) is 3.02. The van der Waals surface area contributed by atoms with Gasteiger partial charge in [-0.1, -0.05) is 13.8 Å². The predicted octanol–water partition coefficient (Wildman–Crippen LogP) is 1.67. The smallest absolute Gasteiger partial charge is 0.311 e. The highest BCUT2D eigenvalue weighted by molar-refractivity contribution is 5.10. The number of nitrogens with two attached hydrogens (primary N) is 1. The lowest BCUT2D eigenvalue weighted by Gasteiger charge is -2.25. The highest BCUT2D eigenvalue weighted by atomic mass is 19.4. The molecule has 7 heteroatoms. The summed E-state index contributed by atoms with van der Waals surface area (Å²) < 4.78 is 39.2. The monoisotopic (exact) mass is 236 g/mol. The maximum absolute atomic E-state index is 12.7. The van der Waals surface area contributed by atoms with Crippen LogP contribution in [0.1, 0.15) is 38.3 Å². The molecule has 0 aliphatic heterocycles. The van der Waals surface area contributed by atoms with E-state index in [-0.39, 0.29) is 11.7 Å². The van der Waals surface area contributed by atoms with Crippen LogP contribution in [0.25, 0.3) is 0 Å². The highest BCUT2D eigenvalue weighted by Gasteiger charge is 2.52. The van der Waals surface area contributed by atoms with Crippen LogP contribution >= 0.6 is 0 Å². The Balaban J connectivity index is 3.23. The number of nitrogens with zero attached hydrogens (tertiary/aromatic N) is 3. The first kappa shape index (κ1) is 13.0. The molecule has 1 heterocycles. The summed E-state index contributed by atoms with van der Waals surface area (Å²) in [6.45, 7) is 4.50. The lowest BCUT2D eigenvalue weighted by molar-refractivity contribution is -0.187. The second-order valence-corrected chi connectivity index (χ2v) is 4.27. The molecule has 1 aromatic heterocycles. The number of alkyl halides is 3. The summed E-state index contributed by atoms with van der Waals surface area (Å²) in [5.74, 6) is 0.0473. The van der Waals surface area contributed by atoms with Crippen molar-refractivity contribution in [1.82, 2.24) is 14.8 Å². The molecule has 1 aromatic rings. The molecule has 16 heavy (non-hydrogen) atoms. The van der Waals surface area contributed by atoms with Gasteiger partial charge in [-0.2, -0.15) is 18.3 Å². The Hall–Kier alpha value is -1.11. The highest BCUT2D eigenvalue weighted by Crippen LogP contribution is 2.35. The molecule has 0 aromatic carbocycles. The van der Waals surface area contributed by atoms with E-state index in [0.717, 1.165) is 11.6 Å². The molecule has 0 aliphatic carbocycles. The zero-order valence-electron chi connectivity index (χ0n) is 9.63. The Labute approximate surface area is 91.6 Å². The zero-order valence-corrected chi connectivity index (χ0v) is 9.63. The van der Waals surface area contributed by atoms with E-state index in [1.807, 2.05) is 0 Å². The van der Waals surface area contributed by atoms with Crippen molar-refractivity contribution in [1.29, 1.82) is 0 Å². The number of aromatic nitrogens is 3. The van der Waals surface area contributed by atoms with Crippen molar-refractivity contribution in [3.8, 4) is 0 Å². The summed E-state index contributed by atoms with van der Waals surface area (Å²) in [6.07, 6.45) is -4.55. The van der Waals surface area contributed by atoms with Crippen LogP contribution in [0.2, 0.25) is 0 Å². The molecule has 2 N–H and O–H groups in total. The second kappa shape index (κ2) is 3.73. The SMILES string of the molecule is CC(C)c1nc(C(C)(N)C(F)(F)F)n(C)n1. The first-order valence-corrected chi connectivity index (χ1v) is 4.84. The van der Waals surface area contributed by atoms with Gasteiger partial charge in [0, 0.05) is 13.0 Å². The largest absolute Gasteiger partial charge is 0.413 e. The van der Waals surface area contributed by atoms with Crippen LogP contribution < -0.4 is 5.73 Å². The van der Waals surface area contributed by atoms with Crippen molar-refractivity contribution in [3.63, 3.8) is 0 Å². The molecule has 1 unspecified atom stereocenters. The van der Waals surface area contributed by atoms with Gasteiger partial charge in [0.2, 0.25) is 0 Å². The fourth-order valence-corrected chi connectivity index (χ4v) is 1.23. The standard InChI is InChI=1S/C9H15F3N4/c1-5(2)6-14-7(16(4)15-6)8(3,13)9(10,11)12/h5H,13H2,1-4H3. The van der Waals surface area contributed by atoms with Crippen LogP contribution in [-0.4, -0.2) is 20.9 Å². The maximum atomic E-state index is 12.7. The summed E-state index contributed by atoms with van der Waals surface area (Å²) in [6, 6.07) is 0. The maximum Gasteiger partial charge on any atom is 0.413 e. The van der Waals surface area contributed by atoms with Gasteiger partial charge < -0.3 is 5.73 Å². The van der Waals surface area contributed by atoms with Crippen LogP contribution in [-0.2, 0) is 12.6 Å². The van der Waals surface area contributed by atoms with Gasteiger partial charge in [0.1, 0.15) is 0 Å². The van der Waals surface area contributed by atoms with Gasteiger partial charge in [0.05, 0.1) is 0 Å². The molecular weight excluding hydrogens is 221 g/mol. The number of hydrogen-bond acceptors (Lipinski definition) is 3. The van der Waals surface area contributed by atoms with Gasteiger partial charge in [-0.3, -0.25) is 4.68 Å². The summed E-state index contributed by atoms with van der Waals surface area (Å²) >= 11 is 0. The molecule has 0 spiro atoms. The average Bonchev–Trinajstić information content (AvgIpc) is 2.45. The van der Waals surface area contributed by atoms with Gasteiger partial charge in [0.15, 0.2) is 17.2 Å². The van der Waals surface area contributed by atoms with E-state index in [0.29, 0.717) is 5.82 Å². The summed E-state index contributed by atoms with van der Waals surface area (Å²) in [7, 11) is 1.41. The quantitative estimate of drug-likeness (QED) is 0.849. The molecular formula is C9H15F3N4. The Morgan fingerprint density at radius 3 is 2.12 bits per heavy atom. The number of aryl methyl sites for hydroxylation is 1. The fourth-order valence-electron chi connectivity index (χ4n) is 1.23. The van der Waals surface area contributed by atoms with Gasteiger partial charge >= 0.3 is 6.18 Å². The molecule has 0 fully saturated rings. The van der Waals surface area contributed by atoms with Crippen LogP contribution in [0.4, 0.5) is 13.2 Å². The van der Waals surface area contributed by atoms with Crippen molar-refractivity contribution in [2.45, 2.75) is 38.4 Å². The summed E-state index contributed by atoms with van der Waals surface area (Å²) in [5.41, 5.74) is 2.80. The summed E-state index contributed by atoms with van der Waals surface area (Å²) in [5, 5.41) is 3.92. The van der Waals surface area contributed by atoms with Crippen LogP contribution in [0.15, 0.2) is 0 Å². The van der Waals surface area contributed by atoms with E-state index in [2.05, 4.69) is 10.1 Å². The fraction of sp³-hybridized carbons (Fsp3) is 0.778. The number of rotatable bonds is 2. The molecule has 0 saturated heterocycles. The molecule has 0 radical (unpaired) electrons. The first-order chi connectivity index (χ1) is 7.07. The predicted molar refractivity (Wildman–Crippen MR) is 52.7 cm³/mol. The zero-order chi connectivity index (χ0) is 12.7. The molecule has 92 valence electrons. The second-order valence-electron chi connectivity index (χ2n) is 4.27. The molecule has 0 amide bonds. The third-order valence-electron chi connectivity index (χ3n) is 2.35. The van der Waals surface area contributed by atoms with E-state index >= 15 is 0 Å².